The maximum absolute atomic E-state index is 2.37. The third-order valence-electron chi connectivity index (χ3n) is 4.26. The van der Waals surface area contributed by atoms with Crippen LogP contribution in [0.3, 0.4) is 0 Å². The van der Waals surface area contributed by atoms with E-state index < -0.39 is 0 Å². The number of fused-ring (bicyclic) bond motifs is 2. The molecule has 2 rings (SSSR count). The van der Waals surface area contributed by atoms with Crippen molar-refractivity contribution in [3.05, 3.63) is 11.1 Å². The molecule has 0 heterocycles. The maximum Gasteiger partial charge on any atom is -0.0169 e. The van der Waals surface area contributed by atoms with Gasteiger partial charge in [-0.15, -0.1) is 0 Å². The molecule has 0 amide bonds. The van der Waals surface area contributed by atoms with Crippen molar-refractivity contribution < 1.29 is 0 Å². The Bertz CT molecular complexity index is 234. The van der Waals surface area contributed by atoms with Crippen molar-refractivity contribution in [1.82, 2.24) is 0 Å². The van der Waals surface area contributed by atoms with Gasteiger partial charge < -0.3 is 0 Å². The summed E-state index contributed by atoms with van der Waals surface area (Å²) < 4.78 is 0. The van der Waals surface area contributed by atoms with Gasteiger partial charge in [-0.05, 0) is 56.8 Å². The van der Waals surface area contributed by atoms with Gasteiger partial charge in [0.1, 0.15) is 0 Å². The smallest absolute Gasteiger partial charge is 0.0169 e. The first-order chi connectivity index (χ1) is 6.09. The van der Waals surface area contributed by atoms with Crippen LogP contribution in [0.15, 0.2) is 11.1 Å². The van der Waals surface area contributed by atoms with Crippen LogP contribution in [0, 0.1) is 23.7 Å². The van der Waals surface area contributed by atoms with Crippen LogP contribution in [0.25, 0.3) is 0 Å². The topological polar surface area (TPSA) is 0 Å². The van der Waals surface area contributed by atoms with Gasteiger partial charge in [-0.3, -0.25) is 0 Å². The number of rotatable bonds is 2. The Morgan fingerprint density at radius 1 is 1.15 bits per heavy atom. The van der Waals surface area contributed by atoms with Gasteiger partial charge in [0.05, 0.1) is 0 Å². The van der Waals surface area contributed by atoms with Crippen molar-refractivity contribution in [2.24, 2.45) is 23.7 Å². The first-order valence-electron chi connectivity index (χ1n) is 5.76. The third kappa shape index (κ3) is 1.45. The van der Waals surface area contributed by atoms with Gasteiger partial charge in [0.2, 0.25) is 0 Å². The Balaban J connectivity index is 2.07. The average Bonchev–Trinajstić information content (AvgIpc) is 2.53. The van der Waals surface area contributed by atoms with Gasteiger partial charge in [-0.1, -0.05) is 25.0 Å². The van der Waals surface area contributed by atoms with Crippen LogP contribution < -0.4 is 0 Å². The molecule has 74 valence electrons. The monoisotopic (exact) mass is 178 g/mol. The molecule has 0 nitrogen and oxygen atoms in total. The van der Waals surface area contributed by atoms with Gasteiger partial charge in [0, 0.05) is 0 Å². The lowest BCUT2D eigenvalue weighted by Crippen LogP contribution is -2.14. The lowest BCUT2D eigenvalue weighted by Gasteiger charge is -2.25. The largest absolute Gasteiger partial charge is 0.0710 e. The molecule has 3 atom stereocenters. The van der Waals surface area contributed by atoms with E-state index >= 15 is 0 Å². The van der Waals surface area contributed by atoms with Crippen LogP contribution in [-0.2, 0) is 0 Å². The highest BCUT2D eigenvalue weighted by atomic mass is 14.5. The Morgan fingerprint density at radius 3 is 2.31 bits per heavy atom. The zero-order valence-corrected chi connectivity index (χ0v) is 9.43. The highest BCUT2D eigenvalue weighted by Gasteiger charge is 2.41. The minimum atomic E-state index is 0.887. The van der Waals surface area contributed by atoms with Crippen molar-refractivity contribution in [3.63, 3.8) is 0 Å². The minimum absolute atomic E-state index is 0.887. The standard InChI is InChI=1S/C13H22/c1-8(2)5-12-6-11-7-13(12)10(4)9(11)3/h8,11-13H,5-7H2,1-4H3. The average molecular weight is 178 g/mol. The molecule has 2 bridgehead atoms. The Labute approximate surface area is 82.4 Å². The van der Waals surface area contributed by atoms with E-state index in [1.54, 1.807) is 11.1 Å². The zero-order chi connectivity index (χ0) is 9.59. The quantitative estimate of drug-likeness (QED) is 0.560. The van der Waals surface area contributed by atoms with E-state index in [1.165, 1.54) is 19.3 Å². The molecule has 0 heteroatoms. The number of allylic oxidation sites excluding steroid dienone is 2. The molecule has 3 unspecified atom stereocenters. The van der Waals surface area contributed by atoms with Crippen LogP contribution in [0.2, 0.25) is 0 Å². The molecule has 0 saturated heterocycles. The van der Waals surface area contributed by atoms with Gasteiger partial charge in [0.15, 0.2) is 0 Å². The molecular formula is C13H22. The Kier molecular flexibility index (Phi) is 2.25. The summed E-state index contributed by atoms with van der Waals surface area (Å²) in [6.07, 6.45) is 4.42. The van der Waals surface area contributed by atoms with E-state index in [2.05, 4.69) is 27.7 Å². The fourth-order valence-corrected chi connectivity index (χ4v) is 3.49. The van der Waals surface area contributed by atoms with Crippen LogP contribution in [0.4, 0.5) is 0 Å². The molecular weight excluding hydrogens is 156 g/mol. The molecule has 2 aliphatic carbocycles. The summed E-state index contributed by atoms with van der Waals surface area (Å²) in [5, 5.41) is 0. The molecule has 1 saturated carbocycles. The number of hydrogen-bond donors (Lipinski definition) is 0. The van der Waals surface area contributed by atoms with Crippen LogP contribution in [0.1, 0.15) is 47.0 Å². The summed E-state index contributed by atoms with van der Waals surface area (Å²) >= 11 is 0. The van der Waals surface area contributed by atoms with Crippen molar-refractivity contribution in [2.75, 3.05) is 0 Å². The lowest BCUT2D eigenvalue weighted by molar-refractivity contribution is 0.345. The summed E-state index contributed by atoms with van der Waals surface area (Å²) in [6.45, 7) is 9.44. The summed E-state index contributed by atoms with van der Waals surface area (Å²) in [7, 11) is 0. The first kappa shape index (κ1) is 9.30. The van der Waals surface area contributed by atoms with E-state index in [4.69, 9.17) is 0 Å². The van der Waals surface area contributed by atoms with Crippen molar-refractivity contribution in [3.8, 4) is 0 Å². The molecule has 0 aromatic rings. The fraction of sp³-hybridized carbons (Fsp3) is 0.846. The first-order valence-corrected chi connectivity index (χ1v) is 5.76. The Hall–Kier alpha value is -0.260. The fourth-order valence-electron chi connectivity index (χ4n) is 3.49. The normalized spacial score (nSPS) is 38.1. The molecule has 0 N–H and O–H groups in total. The van der Waals surface area contributed by atoms with Crippen LogP contribution in [-0.4, -0.2) is 0 Å². The second-order valence-electron chi connectivity index (χ2n) is 5.53. The molecule has 0 radical (unpaired) electrons. The second kappa shape index (κ2) is 3.15. The molecule has 2 aliphatic rings. The summed E-state index contributed by atoms with van der Waals surface area (Å²) in [5.74, 6) is 3.84. The summed E-state index contributed by atoms with van der Waals surface area (Å²) in [5.41, 5.74) is 3.46. The van der Waals surface area contributed by atoms with E-state index in [0.29, 0.717) is 0 Å². The maximum atomic E-state index is 2.37. The van der Waals surface area contributed by atoms with E-state index in [-0.39, 0.29) is 0 Å². The molecule has 1 fully saturated rings. The predicted octanol–water partition coefficient (Wildman–Crippen LogP) is 4.02. The van der Waals surface area contributed by atoms with Crippen LogP contribution >= 0.6 is 0 Å². The minimum Gasteiger partial charge on any atom is -0.0710 e. The van der Waals surface area contributed by atoms with Gasteiger partial charge >= 0.3 is 0 Å². The highest BCUT2D eigenvalue weighted by Crippen LogP contribution is 2.53. The molecule has 13 heavy (non-hydrogen) atoms. The highest BCUT2D eigenvalue weighted by molar-refractivity contribution is 5.27. The predicted molar refractivity (Wildman–Crippen MR) is 57.5 cm³/mol. The molecule has 0 spiro atoms. The second-order valence-corrected chi connectivity index (χ2v) is 5.53. The summed E-state index contributed by atoms with van der Waals surface area (Å²) in [4.78, 5) is 0. The summed E-state index contributed by atoms with van der Waals surface area (Å²) in [6, 6.07) is 0. The van der Waals surface area contributed by atoms with E-state index in [9.17, 15) is 0 Å². The van der Waals surface area contributed by atoms with Crippen molar-refractivity contribution >= 4 is 0 Å². The SMILES string of the molecule is CC1=C(C)C2CC1CC2CC(C)C. The third-order valence-corrected chi connectivity index (χ3v) is 4.26. The Morgan fingerprint density at radius 2 is 1.85 bits per heavy atom. The van der Waals surface area contributed by atoms with Crippen molar-refractivity contribution in [2.45, 2.75) is 47.0 Å². The van der Waals surface area contributed by atoms with E-state index in [1.807, 2.05) is 0 Å². The van der Waals surface area contributed by atoms with E-state index in [0.717, 1.165) is 23.7 Å². The van der Waals surface area contributed by atoms with Gasteiger partial charge in [-0.2, -0.15) is 0 Å². The zero-order valence-electron chi connectivity index (χ0n) is 9.43. The molecule has 0 aromatic heterocycles. The molecule has 0 aromatic carbocycles. The van der Waals surface area contributed by atoms with Crippen molar-refractivity contribution in [1.29, 1.82) is 0 Å². The van der Waals surface area contributed by atoms with Gasteiger partial charge in [-0.25, -0.2) is 0 Å². The number of hydrogen-bond acceptors (Lipinski definition) is 0. The van der Waals surface area contributed by atoms with Gasteiger partial charge in [0.25, 0.3) is 0 Å². The lowest BCUT2D eigenvalue weighted by atomic mass is 9.80. The molecule has 0 aliphatic heterocycles. The van der Waals surface area contributed by atoms with Crippen LogP contribution in [0.5, 0.6) is 0 Å².